The first-order valence-electron chi connectivity index (χ1n) is 9.64. The number of carbonyl (C=O) groups is 1. The molecule has 11 heteroatoms. The maximum absolute atomic E-state index is 12.4. The van der Waals surface area contributed by atoms with Crippen molar-refractivity contribution in [2.45, 2.75) is 6.43 Å². The minimum Gasteiger partial charge on any atom is -0.346 e. The molecule has 0 radical (unpaired) electrons. The van der Waals surface area contributed by atoms with Crippen LogP contribution in [0.15, 0.2) is 61.4 Å². The van der Waals surface area contributed by atoms with Crippen molar-refractivity contribution in [3.63, 3.8) is 0 Å². The second-order valence-corrected chi connectivity index (χ2v) is 6.92. The third-order valence-electron chi connectivity index (χ3n) is 4.86. The van der Waals surface area contributed by atoms with Gasteiger partial charge in [0.2, 0.25) is 5.95 Å². The van der Waals surface area contributed by atoms with E-state index in [-0.39, 0.29) is 5.56 Å². The average Bonchev–Trinajstić information content (AvgIpc) is 3.41. The number of aromatic nitrogens is 6. The zero-order valence-corrected chi connectivity index (χ0v) is 16.5. The number of anilines is 2. The summed E-state index contributed by atoms with van der Waals surface area (Å²) in [5.74, 6) is -0.173. The Morgan fingerprint density at radius 1 is 1.19 bits per heavy atom. The van der Waals surface area contributed by atoms with Crippen LogP contribution in [-0.4, -0.2) is 48.4 Å². The average molecular weight is 434 g/mol. The number of aromatic amines is 1. The Labute approximate surface area is 179 Å². The van der Waals surface area contributed by atoms with Crippen LogP contribution in [0.3, 0.4) is 0 Å². The summed E-state index contributed by atoms with van der Waals surface area (Å²) >= 11 is 0. The molecule has 0 saturated heterocycles. The topological polar surface area (TPSA) is 113 Å². The lowest BCUT2D eigenvalue weighted by Crippen LogP contribution is -2.28. The zero-order valence-electron chi connectivity index (χ0n) is 16.5. The van der Waals surface area contributed by atoms with Crippen LogP contribution in [-0.2, 0) is 0 Å². The first-order valence-corrected chi connectivity index (χ1v) is 9.64. The van der Waals surface area contributed by atoms with Gasteiger partial charge in [-0.05, 0) is 29.8 Å². The molecule has 0 fully saturated rings. The van der Waals surface area contributed by atoms with Crippen LogP contribution in [0, 0.1) is 0 Å². The molecule has 0 spiro atoms. The molecule has 0 aromatic carbocycles. The van der Waals surface area contributed by atoms with Crippen molar-refractivity contribution < 1.29 is 13.6 Å². The van der Waals surface area contributed by atoms with Crippen LogP contribution in [0.4, 0.5) is 20.4 Å². The van der Waals surface area contributed by atoms with Gasteiger partial charge in [-0.1, -0.05) is 0 Å². The number of fused-ring (bicyclic) bond motifs is 2. The summed E-state index contributed by atoms with van der Waals surface area (Å²) in [4.78, 5) is 28.3. The molecule has 5 aromatic rings. The van der Waals surface area contributed by atoms with E-state index in [9.17, 15) is 13.6 Å². The number of H-pyrrole nitrogens is 1. The van der Waals surface area contributed by atoms with Crippen molar-refractivity contribution in [3.05, 3.63) is 67.0 Å². The van der Waals surface area contributed by atoms with Crippen molar-refractivity contribution in [2.75, 3.05) is 11.9 Å². The Bertz CT molecular complexity index is 1410. The smallest absolute Gasteiger partial charge is 0.255 e. The van der Waals surface area contributed by atoms with E-state index in [4.69, 9.17) is 0 Å². The van der Waals surface area contributed by atoms with Gasteiger partial charge in [0.1, 0.15) is 5.65 Å². The summed E-state index contributed by atoms with van der Waals surface area (Å²) in [6.45, 7) is -0.717. The van der Waals surface area contributed by atoms with E-state index in [0.29, 0.717) is 17.1 Å². The largest absolute Gasteiger partial charge is 0.346 e. The van der Waals surface area contributed by atoms with E-state index in [1.54, 1.807) is 37.1 Å². The molecule has 0 atom stereocenters. The highest BCUT2D eigenvalue weighted by Crippen LogP contribution is 2.29. The highest BCUT2D eigenvalue weighted by Gasteiger charge is 2.16. The van der Waals surface area contributed by atoms with Gasteiger partial charge in [0.05, 0.1) is 23.8 Å². The number of halogens is 2. The number of hydrogen-bond acceptors (Lipinski definition) is 6. The van der Waals surface area contributed by atoms with E-state index >= 15 is 0 Å². The van der Waals surface area contributed by atoms with E-state index in [1.165, 1.54) is 10.7 Å². The van der Waals surface area contributed by atoms with E-state index in [2.05, 4.69) is 35.7 Å². The lowest BCUT2D eigenvalue weighted by Gasteiger charge is -2.05. The number of pyridine rings is 2. The van der Waals surface area contributed by atoms with E-state index in [0.717, 1.165) is 22.2 Å². The number of carbonyl (C=O) groups excluding carboxylic acids is 1. The van der Waals surface area contributed by atoms with Crippen molar-refractivity contribution >= 4 is 34.1 Å². The van der Waals surface area contributed by atoms with Crippen molar-refractivity contribution in [2.24, 2.45) is 0 Å². The molecule has 32 heavy (non-hydrogen) atoms. The van der Waals surface area contributed by atoms with E-state index in [1.807, 2.05) is 18.2 Å². The summed E-state index contributed by atoms with van der Waals surface area (Å²) in [5, 5.41) is 10.2. The minimum atomic E-state index is -2.62. The summed E-state index contributed by atoms with van der Waals surface area (Å²) in [6.07, 6.45) is 7.27. The Kier molecular flexibility index (Phi) is 4.90. The third-order valence-corrected chi connectivity index (χ3v) is 4.86. The number of nitrogens with one attached hydrogen (secondary N) is 3. The van der Waals surface area contributed by atoms with E-state index < -0.39 is 18.9 Å². The highest BCUT2D eigenvalue weighted by atomic mass is 19.3. The Morgan fingerprint density at radius 2 is 2.03 bits per heavy atom. The van der Waals surface area contributed by atoms with Crippen molar-refractivity contribution in [1.82, 2.24) is 34.9 Å². The number of hydrogen-bond donors (Lipinski definition) is 3. The Hall–Kier alpha value is -4.41. The highest BCUT2D eigenvalue weighted by molar-refractivity contribution is 6.02. The van der Waals surface area contributed by atoms with Crippen molar-refractivity contribution in [3.8, 4) is 11.1 Å². The molecule has 0 aliphatic rings. The summed E-state index contributed by atoms with van der Waals surface area (Å²) in [6, 6.07) is 7.23. The molecule has 0 saturated carbocycles. The Morgan fingerprint density at radius 3 is 2.84 bits per heavy atom. The van der Waals surface area contributed by atoms with Gasteiger partial charge < -0.3 is 15.6 Å². The van der Waals surface area contributed by atoms with Gasteiger partial charge >= 0.3 is 0 Å². The SMILES string of the molecule is O=C(NCC(F)F)c1cnn2ccc(-c3c[nH]c4nc(Nc5ccncc5)ncc34)cc12. The number of amides is 1. The molecular weight excluding hydrogens is 418 g/mol. The van der Waals surface area contributed by atoms with Crippen LogP contribution in [0.5, 0.6) is 0 Å². The van der Waals surface area contributed by atoms with Gasteiger partial charge in [-0.25, -0.2) is 18.3 Å². The molecule has 3 N–H and O–H groups in total. The number of rotatable bonds is 6. The van der Waals surface area contributed by atoms with Gasteiger partial charge in [-0.15, -0.1) is 0 Å². The van der Waals surface area contributed by atoms with Crippen LogP contribution in [0.1, 0.15) is 10.4 Å². The molecule has 0 bridgehead atoms. The first kappa shape index (κ1) is 19.5. The second-order valence-electron chi connectivity index (χ2n) is 6.92. The van der Waals surface area contributed by atoms with Crippen LogP contribution in [0.2, 0.25) is 0 Å². The maximum atomic E-state index is 12.4. The molecule has 160 valence electrons. The summed E-state index contributed by atoms with van der Waals surface area (Å²) in [5.41, 5.74) is 3.79. The molecule has 5 aromatic heterocycles. The molecule has 0 aliphatic carbocycles. The third kappa shape index (κ3) is 3.71. The van der Waals surface area contributed by atoms with Crippen LogP contribution in [0.25, 0.3) is 27.7 Å². The predicted octanol–water partition coefficient (Wildman–Crippen LogP) is 3.41. The van der Waals surface area contributed by atoms with Crippen molar-refractivity contribution in [1.29, 1.82) is 0 Å². The quantitative estimate of drug-likeness (QED) is 0.378. The van der Waals surface area contributed by atoms with Gasteiger partial charge in [0.25, 0.3) is 12.3 Å². The number of alkyl halides is 2. The predicted molar refractivity (Wildman–Crippen MR) is 114 cm³/mol. The fourth-order valence-electron chi connectivity index (χ4n) is 3.36. The lowest BCUT2D eigenvalue weighted by molar-refractivity contribution is 0.0893. The second kappa shape index (κ2) is 8.02. The normalized spacial score (nSPS) is 11.3. The summed E-state index contributed by atoms with van der Waals surface area (Å²) < 4.78 is 26.4. The fraction of sp³-hybridized carbons (Fsp3) is 0.0952. The monoisotopic (exact) mass is 434 g/mol. The van der Waals surface area contributed by atoms with Gasteiger partial charge in [0.15, 0.2) is 0 Å². The zero-order chi connectivity index (χ0) is 22.1. The Balaban J connectivity index is 1.47. The fourth-order valence-corrected chi connectivity index (χ4v) is 3.36. The van der Waals surface area contributed by atoms with Gasteiger partial charge in [-0.3, -0.25) is 9.78 Å². The molecular formula is C21H16F2N8O. The molecule has 0 unspecified atom stereocenters. The van der Waals surface area contributed by atoms with Gasteiger partial charge in [0, 0.05) is 47.6 Å². The van der Waals surface area contributed by atoms with Gasteiger partial charge in [-0.2, -0.15) is 10.1 Å². The molecule has 5 rings (SSSR count). The number of nitrogens with zero attached hydrogens (tertiary/aromatic N) is 5. The minimum absolute atomic E-state index is 0.215. The standard InChI is InChI=1S/C21H16F2N8O/c22-18(23)11-26-20(32)16-10-28-31-6-3-12(7-17(16)31)14-8-25-19-15(14)9-27-21(30-19)29-13-1-4-24-5-2-13/h1-10,18H,11H2,(H,26,32)(H2,24,25,27,29,30). The van der Waals surface area contributed by atoms with Crippen LogP contribution >= 0.6 is 0 Å². The molecule has 9 nitrogen and oxygen atoms in total. The first-order chi connectivity index (χ1) is 15.6. The molecule has 0 aliphatic heterocycles. The maximum Gasteiger partial charge on any atom is 0.255 e. The van der Waals surface area contributed by atoms with Crippen LogP contribution < -0.4 is 10.6 Å². The lowest BCUT2D eigenvalue weighted by atomic mass is 10.1. The molecule has 1 amide bonds. The summed E-state index contributed by atoms with van der Waals surface area (Å²) in [7, 11) is 0. The molecule has 5 heterocycles.